The predicted octanol–water partition coefficient (Wildman–Crippen LogP) is 2.01. The molecule has 2 N–H and O–H groups in total. The minimum Gasteiger partial charge on any atom is -0.474 e. The molecular formula is C14H20N4O. The highest BCUT2D eigenvalue weighted by Gasteiger charge is 2.29. The molecule has 1 saturated carbocycles. The van der Waals surface area contributed by atoms with Crippen molar-refractivity contribution in [3.05, 3.63) is 16.8 Å². The van der Waals surface area contributed by atoms with Gasteiger partial charge in [-0.1, -0.05) is 19.3 Å². The van der Waals surface area contributed by atoms with Crippen molar-refractivity contribution in [1.29, 1.82) is 5.26 Å². The van der Waals surface area contributed by atoms with Crippen LogP contribution in [-0.4, -0.2) is 22.3 Å². The fourth-order valence-electron chi connectivity index (χ4n) is 2.43. The van der Waals surface area contributed by atoms with E-state index in [-0.39, 0.29) is 5.54 Å². The van der Waals surface area contributed by atoms with Gasteiger partial charge in [0, 0.05) is 0 Å². The summed E-state index contributed by atoms with van der Waals surface area (Å²) >= 11 is 0. The second-order valence-electron chi connectivity index (χ2n) is 5.41. The lowest BCUT2D eigenvalue weighted by Crippen LogP contribution is -2.47. The first-order valence-corrected chi connectivity index (χ1v) is 6.71. The van der Waals surface area contributed by atoms with Gasteiger partial charge < -0.3 is 10.5 Å². The third-order valence-corrected chi connectivity index (χ3v) is 3.88. The van der Waals surface area contributed by atoms with Crippen molar-refractivity contribution in [3.63, 3.8) is 0 Å². The third-order valence-electron chi connectivity index (χ3n) is 3.88. The van der Waals surface area contributed by atoms with Crippen LogP contribution >= 0.6 is 0 Å². The van der Waals surface area contributed by atoms with Crippen molar-refractivity contribution >= 4 is 0 Å². The molecule has 2 rings (SSSR count). The number of nitrogens with zero attached hydrogens (tertiary/aromatic N) is 3. The summed E-state index contributed by atoms with van der Waals surface area (Å²) in [5, 5.41) is 17.2. The molecule has 1 aromatic rings. The Morgan fingerprint density at radius 2 is 1.95 bits per heavy atom. The van der Waals surface area contributed by atoms with Gasteiger partial charge in [-0.15, -0.1) is 5.10 Å². The Kier molecular flexibility index (Phi) is 4.01. The van der Waals surface area contributed by atoms with E-state index in [1.54, 1.807) is 0 Å². The first-order chi connectivity index (χ1) is 9.06. The highest BCUT2D eigenvalue weighted by molar-refractivity contribution is 5.44. The van der Waals surface area contributed by atoms with Crippen LogP contribution in [0.5, 0.6) is 5.88 Å². The summed E-state index contributed by atoms with van der Waals surface area (Å²) in [5.74, 6) is 0.306. The average molecular weight is 260 g/mol. The van der Waals surface area contributed by atoms with Gasteiger partial charge in [0.2, 0.25) is 0 Å². The Bertz CT molecular complexity index is 501. The number of hydrogen-bond donors (Lipinski definition) is 1. The summed E-state index contributed by atoms with van der Waals surface area (Å²) in [6.07, 6.45) is 5.46. The molecule has 0 radical (unpaired) electrons. The molecule has 1 fully saturated rings. The molecule has 0 aromatic carbocycles. The molecular weight excluding hydrogens is 240 g/mol. The summed E-state index contributed by atoms with van der Waals surface area (Å²) in [7, 11) is 0. The molecule has 0 spiro atoms. The molecule has 0 amide bonds. The number of nitriles is 1. The zero-order chi connectivity index (χ0) is 13.9. The summed E-state index contributed by atoms with van der Waals surface area (Å²) in [5.41, 5.74) is 8.06. The van der Waals surface area contributed by atoms with Crippen LogP contribution in [-0.2, 0) is 0 Å². The molecule has 5 nitrogen and oxygen atoms in total. The van der Waals surface area contributed by atoms with E-state index in [0.29, 0.717) is 18.1 Å². The maximum Gasteiger partial charge on any atom is 0.251 e. The molecule has 1 aromatic heterocycles. The largest absolute Gasteiger partial charge is 0.474 e. The minimum absolute atomic E-state index is 0.286. The van der Waals surface area contributed by atoms with Crippen LogP contribution in [0.1, 0.15) is 48.9 Å². The summed E-state index contributed by atoms with van der Waals surface area (Å²) in [4.78, 5) is 0. The van der Waals surface area contributed by atoms with Crippen molar-refractivity contribution < 1.29 is 4.74 Å². The summed E-state index contributed by atoms with van der Waals surface area (Å²) in [6, 6.07) is 2.14. The standard InChI is InChI=1S/C14H20N4O/c1-10-11(2)17-18-13(12(10)8-15)19-9-14(16)6-4-3-5-7-14/h3-7,9,16H2,1-2H3. The first-order valence-electron chi connectivity index (χ1n) is 6.71. The number of hydrogen-bond acceptors (Lipinski definition) is 5. The van der Waals surface area contributed by atoms with Crippen LogP contribution in [0.3, 0.4) is 0 Å². The SMILES string of the molecule is Cc1nnc(OCC2(N)CCCCC2)c(C#N)c1C. The predicted molar refractivity (Wildman–Crippen MR) is 71.7 cm³/mol. The highest BCUT2D eigenvalue weighted by Crippen LogP contribution is 2.27. The Morgan fingerprint density at radius 3 is 2.58 bits per heavy atom. The molecule has 19 heavy (non-hydrogen) atoms. The third kappa shape index (κ3) is 3.02. The lowest BCUT2D eigenvalue weighted by Gasteiger charge is -2.32. The zero-order valence-electron chi connectivity index (χ0n) is 11.6. The lowest BCUT2D eigenvalue weighted by atomic mass is 9.83. The fraction of sp³-hybridized carbons (Fsp3) is 0.643. The zero-order valence-corrected chi connectivity index (χ0v) is 11.6. The Morgan fingerprint density at radius 1 is 1.26 bits per heavy atom. The first kappa shape index (κ1) is 13.8. The topological polar surface area (TPSA) is 84.8 Å². The number of rotatable bonds is 3. The van der Waals surface area contributed by atoms with E-state index in [9.17, 15) is 5.26 Å². The normalized spacial score (nSPS) is 17.8. The summed E-state index contributed by atoms with van der Waals surface area (Å²) in [6.45, 7) is 4.09. The number of ether oxygens (including phenoxy) is 1. The number of aryl methyl sites for hydroxylation is 1. The van der Waals surface area contributed by atoms with Crippen LogP contribution in [0.15, 0.2) is 0 Å². The molecule has 1 aliphatic rings. The molecule has 0 bridgehead atoms. The van der Waals surface area contributed by atoms with E-state index >= 15 is 0 Å². The van der Waals surface area contributed by atoms with Crippen LogP contribution in [0, 0.1) is 25.2 Å². The van der Waals surface area contributed by atoms with Crippen molar-refractivity contribution in [2.45, 2.75) is 51.5 Å². The average Bonchev–Trinajstić information content (AvgIpc) is 2.41. The van der Waals surface area contributed by atoms with E-state index in [0.717, 1.165) is 36.9 Å². The van der Waals surface area contributed by atoms with Gasteiger partial charge in [0.05, 0.1) is 11.2 Å². The van der Waals surface area contributed by atoms with E-state index in [1.807, 2.05) is 13.8 Å². The van der Waals surface area contributed by atoms with E-state index in [4.69, 9.17) is 10.5 Å². The molecule has 1 heterocycles. The molecule has 102 valence electrons. The molecule has 0 atom stereocenters. The van der Waals surface area contributed by atoms with Gasteiger partial charge in [0.15, 0.2) is 0 Å². The second kappa shape index (κ2) is 5.54. The fourth-order valence-corrected chi connectivity index (χ4v) is 2.43. The Hall–Kier alpha value is -1.67. The number of aromatic nitrogens is 2. The van der Waals surface area contributed by atoms with E-state index in [2.05, 4.69) is 16.3 Å². The van der Waals surface area contributed by atoms with E-state index < -0.39 is 0 Å². The Labute approximate surface area is 113 Å². The van der Waals surface area contributed by atoms with Gasteiger partial charge in [-0.05, 0) is 32.3 Å². The van der Waals surface area contributed by atoms with Gasteiger partial charge in [0.1, 0.15) is 18.2 Å². The van der Waals surface area contributed by atoms with Gasteiger partial charge in [-0.3, -0.25) is 0 Å². The number of nitrogens with two attached hydrogens (primary N) is 1. The van der Waals surface area contributed by atoms with E-state index in [1.165, 1.54) is 6.42 Å². The summed E-state index contributed by atoms with van der Waals surface area (Å²) < 4.78 is 5.69. The minimum atomic E-state index is -0.286. The van der Waals surface area contributed by atoms with Crippen molar-refractivity contribution in [2.24, 2.45) is 5.73 Å². The maximum absolute atomic E-state index is 9.20. The molecule has 0 aliphatic heterocycles. The van der Waals surface area contributed by atoms with Gasteiger partial charge in [-0.2, -0.15) is 10.4 Å². The van der Waals surface area contributed by atoms with Crippen LogP contribution < -0.4 is 10.5 Å². The van der Waals surface area contributed by atoms with Crippen LogP contribution in [0.4, 0.5) is 0 Å². The monoisotopic (exact) mass is 260 g/mol. The molecule has 0 saturated heterocycles. The highest BCUT2D eigenvalue weighted by atomic mass is 16.5. The molecule has 0 unspecified atom stereocenters. The van der Waals surface area contributed by atoms with Crippen LogP contribution in [0.2, 0.25) is 0 Å². The van der Waals surface area contributed by atoms with Gasteiger partial charge >= 0.3 is 0 Å². The molecule has 5 heteroatoms. The maximum atomic E-state index is 9.20. The van der Waals surface area contributed by atoms with Crippen molar-refractivity contribution in [2.75, 3.05) is 6.61 Å². The lowest BCUT2D eigenvalue weighted by molar-refractivity contribution is 0.167. The van der Waals surface area contributed by atoms with Gasteiger partial charge in [0.25, 0.3) is 5.88 Å². The quantitative estimate of drug-likeness (QED) is 0.898. The van der Waals surface area contributed by atoms with Gasteiger partial charge in [-0.25, -0.2) is 0 Å². The molecule has 1 aliphatic carbocycles. The Balaban J connectivity index is 2.12. The second-order valence-corrected chi connectivity index (χ2v) is 5.41. The van der Waals surface area contributed by atoms with Crippen molar-refractivity contribution in [3.8, 4) is 11.9 Å². The van der Waals surface area contributed by atoms with Crippen LogP contribution in [0.25, 0.3) is 0 Å². The smallest absolute Gasteiger partial charge is 0.251 e. The van der Waals surface area contributed by atoms with Crippen molar-refractivity contribution in [1.82, 2.24) is 10.2 Å².